The van der Waals surface area contributed by atoms with Crippen LogP contribution in [0, 0.1) is 0 Å². The van der Waals surface area contributed by atoms with Gasteiger partial charge in [0, 0.05) is 23.7 Å². The lowest BCUT2D eigenvalue weighted by atomic mass is 10.2. The second kappa shape index (κ2) is 4.15. The molecule has 2 aromatic heterocycles. The zero-order valence-electron chi connectivity index (χ0n) is 8.07. The summed E-state index contributed by atoms with van der Waals surface area (Å²) in [5.74, 6) is 0. The van der Waals surface area contributed by atoms with Gasteiger partial charge in [-0.15, -0.1) is 0 Å². The molecular weight excluding hydrogens is 178 g/mol. The first-order valence-electron chi connectivity index (χ1n) is 4.63. The van der Waals surface area contributed by atoms with Crippen LogP contribution in [0.25, 0.3) is 0 Å². The van der Waals surface area contributed by atoms with Crippen molar-refractivity contribution in [3.05, 3.63) is 48.3 Å². The van der Waals surface area contributed by atoms with Gasteiger partial charge in [-0.1, -0.05) is 0 Å². The highest BCUT2D eigenvalue weighted by Gasteiger charge is 2.05. The first kappa shape index (κ1) is 9.09. The van der Waals surface area contributed by atoms with Gasteiger partial charge in [0.15, 0.2) is 0 Å². The van der Waals surface area contributed by atoms with Crippen LogP contribution in [0.4, 0.5) is 0 Å². The molecule has 0 saturated carbocycles. The third kappa shape index (κ3) is 2.06. The molecule has 2 aromatic rings. The minimum atomic E-state index is 0.295. The van der Waals surface area contributed by atoms with Crippen molar-refractivity contribution in [3.63, 3.8) is 0 Å². The summed E-state index contributed by atoms with van der Waals surface area (Å²) in [6.45, 7) is 2.91. The number of hydrogen-bond donors (Lipinski definition) is 1. The van der Waals surface area contributed by atoms with E-state index in [9.17, 15) is 0 Å². The Hall–Kier alpha value is -1.48. The van der Waals surface area contributed by atoms with Crippen LogP contribution in [0.1, 0.15) is 24.1 Å². The minimum absolute atomic E-state index is 0.295. The summed E-state index contributed by atoms with van der Waals surface area (Å²) >= 11 is 0. The highest BCUT2D eigenvalue weighted by atomic mass is 16.3. The van der Waals surface area contributed by atoms with Gasteiger partial charge in [-0.25, -0.2) is 0 Å². The molecule has 1 unspecified atom stereocenters. The van der Waals surface area contributed by atoms with E-state index in [1.54, 1.807) is 25.1 Å². The SMILES string of the molecule is CC(NCc1ccoc1)c1ccoc1. The monoisotopic (exact) mass is 191 g/mol. The highest BCUT2D eigenvalue weighted by Crippen LogP contribution is 2.13. The summed E-state index contributed by atoms with van der Waals surface area (Å²) in [6, 6.07) is 4.21. The van der Waals surface area contributed by atoms with Gasteiger partial charge >= 0.3 is 0 Å². The van der Waals surface area contributed by atoms with E-state index in [1.165, 1.54) is 0 Å². The fourth-order valence-electron chi connectivity index (χ4n) is 1.30. The van der Waals surface area contributed by atoms with E-state index >= 15 is 0 Å². The van der Waals surface area contributed by atoms with E-state index in [0.29, 0.717) is 6.04 Å². The molecule has 3 nitrogen and oxygen atoms in total. The van der Waals surface area contributed by atoms with Crippen LogP contribution in [0.15, 0.2) is 46.0 Å². The van der Waals surface area contributed by atoms with Crippen LogP contribution in [-0.2, 0) is 6.54 Å². The van der Waals surface area contributed by atoms with Crippen LogP contribution < -0.4 is 5.32 Å². The molecule has 1 N–H and O–H groups in total. The van der Waals surface area contributed by atoms with E-state index in [-0.39, 0.29) is 0 Å². The predicted octanol–water partition coefficient (Wildman–Crippen LogP) is 2.72. The molecule has 0 saturated heterocycles. The maximum Gasteiger partial charge on any atom is 0.0950 e. The highest BCUT2D eigenvalue weighted by molar-refractivity contribution is 5.11. The van der Waals surface area contributed by atoms with Gasteiger partial charge in [0.2, 0.25) is 0 Å². The second-order valence-corrected chi connectivity index (χ2v) is 3.29. The lowest BCUT2D eigenvalue weighted by Crippen LogP contribution is -2.17. The lowest BCUT2D eigenvalue weighted by Gasteiger charge is -2.10. The Bertz CT molecular complexity index is 351. The average molecular weight is 191 g/mol. The molecule has 2 rings (SSSR count). The molecule has 2 heterocycles. The van der Waals surface area contributed by atoms with Gasteiger partial charge in [-0.2, -0.15) is 0 Å². The standard InChI is InChI=1S/C11H13NO2/c1-9(11-3-5-14-8-11)12-6-10-2-4-13-7-10/h2-5,7-9,12H,6H2,1H3. The Labute approximate surface area is 82.7 Å². The summed E-state index contributed by atoms with van der Waals surface area (Å²) < 4.78 is 9.99. The lowest BCUT2D eigenvalue weighted by molar-refractivity contribution is 0.532. The van der Waals surface area contributed by atoms with E-state index in [2.05, 4.69) is 12.2 Å². The van der Waals surface area contributed by atoms with Crippen molar-refractivity contribution in [2.75, 3.05) is 0 Å². The number of furan rings is 2. The van der Waals surface area contributed by atoms with Crippen LogP contribution in [0.5, 0.6) is 0 Å². The number of hydrogen-bond acceptors (Lipinski definition) is 3. The van der Waals surface area contributed by atoms with E-state index in [4.69, 9.17) is 8.83 Å². The zero-order chi connectivity index (χ0) is 9.80. The molecule has 0 aliphatic carbocycles. The molecule has 0 aliphatic heterocycles. The minimum Gasteiger partial charge on any atom is -0.472 e. The van der Waals surface area contributed by atoms with Crippen LogP contribution in [0.2, 0.25) is 0 Å². The van der Waals surface area contributed by atoms with Crippen molar-refractivity contribution >= 4 is 0 Å². The second-order valence-electron chi connectivity index (χ2n) is 3.29. The molecule has 74 valence electrons. The molecule has 0 bridgehead atoms. The molecule has 0 spiro atoms. The maximum absolute atomic E-state index is 5.01. The summed E-state index contributed by atoms with van der Waals surface area (Å²) in [6.07, 6.45) is 6.87. The third-order valence-corrected chi connectivity index (χ3v) is 2.24. The molecule has 0 aliphatic rings. The molecule has 3 heteroatoms. The quantitative estimate of drug-likeness (QED) is 0.807. The van der Waals surface area contributed by atoms with Gasteiger partial charge in [0.05, 0.1) is 25.1 Å². The fraction of sp³-hybridized carbons (Fsp3) is 0.273. The van der Waals surface area contributed by atoms with Gasteiger partial charge < -0.3 is 14.2 Å². The Morgan fingerprint density at radius 1 is 1.21 bits per heavy atom. The Kier molecular flexibility index (Phi) is 2.70. The van der Waals surface area contributed by atoms with Gasteiger partial charge in [0.25, 0.3) is 0 Å². The summed E-state index contributed by atoms with van der Waals surface area (Å²) in [5, 5.41) is 3.37. The Morgan fingerprint density at radius 3 is 2.64 bits per heavy atom. The van der Waals surface area contributed by atoms with Crippen molar-refractivity contribution in [2.45, 2.75) is 19.5 Å². The van der Waals surface area contributed by atoms with Crippen molar-refractivity contribution in [1.82, 2.24) is 5.32 Å². The zero-order valence-corrected chi connectivity index (χ0v) is 8.07. The normalized spacial score (nSPS) is 12.9. The predicted molar refractivity (Wildman–Crippen MR) is 52.7 cm³/mol. The summed E-state index contributed by atoms with van der Waals surface area (Å²) in [5.41, 5.74) is 2.31. The van der Waals surface area contributed by atoms with E-state index in [0.717, 1.165) is 17.7 Å². The largest absolute Gasteiger partial charge is 0.472 e. The molecule has 0 radical (unpaired) electrons. The van der Waals surface area contributed by atoms with Crippen LogP contribution in [0.3, 0.4) is 0 Å². The van der Waals surface area contributed by atoms with Crippen molar-refractivity contribution in [2.24, 2.45) is 0 Å². The van der Waals surface area contributed by atoms with Crippen LogP contribution >= 0.6 is 0 Å². The van der Waals surface area contributed by atoms with Gasteiger partial charge in [-0.05, 0) is 19.1 Å². The molecule has 0 amide bonds. The first-order chi connectivity index (χ1) is 6.86. The Balaban J connectivity index is 1.87. The van der Waals surface area contributed by atoms with E-state index < -0.39 is 0 Å². The first-order valence-corrected chi connectivity index (χ1v) is 4.63. The smallest absolute Gasteiger partial charge is 0.0950 e. The fourth-order valence-corrected chi connectivity index (χ4v) is 1.30. The molecule has 0 aromatic carbocycles. The Morgan fingerprint density at radius 2 is 2.00 bits per heavy atom. The van der Waals surface area contributed by atoms with Crippen LogP contribution in [-0.4, -0.2) is 0 Å². The maximum atomic E-state index is 5.01. The molecular formula is C11H13NO2. The third-order valence-electron chi connectivity index (χ3n) is 2.24. The van der Waals surface area contributed by atoms with Gasteiger partial charge in [0.1, 0.15) is 0 Å². The summed E-state index contributed by atoms with van der Waals surface area (Å²) in [7, 11) is 0. The van der Waals surface area contributed by atoms with E-state index in [1.807, 2.05) is 12.1 Å². The van der Waals surface area contributed by atoms with Crippen molar-refractivity contribution in [1.29, 1.82) is 0 Å². The molecule has 0 fully saturated rings. The average Bonchev–Trinajstić information content (AvgIpc) is 2.87. The molecule has 14 heavy (non-hydrogen) atoms. The topological polar surface area (TPSA) is 38.3 Å². The van der Waals surface area contributed by atoms with Gasteiger partial charge in [-0.3, -0.25) is 0 Å². The molecule has 1 atom stereocenters. The number of nitrogens with one attached hydrogen (secondary N) is 1. The summed E-state index contributed by atoms with van der Waals surface area (Å²) in [4.78, 5) is 0. The van der Waals surface area contributed by atoms with Crippen molar-refractivity contribution in [3.8, 4) is 0 Å². The number of rotatable bonds is 4. The van der Waals surface area contributed by atoms with Crippen molar-refractivity contribution < 1.29 is 8.83 Å².